The van der Waals surface area contributed by atoms with E-state index in [1.165, 1.54) is 0 Å². The Labute approximate surface area is 163 Å². The van der Waals surface area contributed by atoms with E-state index in [1.807, 2.05) is 39.0 Å². The van der Waals surface area contributed by atoms with E-state index in [4.69, 9.17) is 5.73 Å². The molecule has 0 aliphatic rings. The van der Waals surface area contributed by atoms with Crippen LogP contribution in [0.25, 0.3) is 0 Å². The summed E-state index contributed by atoms with van der Waals surface area (Å²) in [6.45, 7) is 7.80. The number of rotatable bonds is 12. The molecule has 0 saturated carbocycles. The van der Waals surface area contributed by atoms with Gasteiger partial charge in [0.1, 0.15) is 12.1 Å². The Morgan fingerprint density at radius 1 is 1.19 bits per heavy atom. The molecule has 0 bridgehead atoms. The van der Waals surface area contributed by atoms with Gasteiger partial charge in [-0.2, -0.15) is 0 Å². The average Bonchev–Trinajstić information content (AvgIpc) is 2.63. The fourth-order valence-corrected chi connectivity index (χ4v) is 3.02. The van der Waals surface area contributed by atoms with E-state index >= 15 is 0 Å². The van der Waals surface area contributed by atoms with Crippen LogP contribution in [0.15, 0.2) is 35.3 Å². The quantitative estimate of drug-likeness (QED) is 0.432. The minimum Gasteiger partial charge on any atom is -0.384 e. The van der Waals surface area contributed by atoms with Gasteiger partial charge in [-0.05, 0) is 25.7 Å². The largest absolute Gasteiger partial charge is 0.384 e. The first-order chi connectivity index (χ1) is 12.8. The molecule has 5 nitrogen and oxygen atoms in total. The van der Waals surface area contributed by atoms with Crippen LogP contribution >= 0.6 is 0 Å². The summed E-state index contributed by atoms with van der Waals surface area (Å²) in [7, 11) is 0. The lowest BCUT2D eigenvalue weighted by atomic mass is 9.93. The molecule has 0 aromatic heterocycles. The number of nitrogens with zero attached hydrogens (tertiary/aromatic N) is 1. The zero-order valence-corrected chi connectivity index (χ0v) is 17.0. The van der Waals surface area contributed by atoms with Crippen LogP contribution in [0.2, 0.25) is 0 Å². The van der Waals surface area contributed by atoms with E-state index in [1.54, 1.807) is 19.1 Å². The van der Waals surface area contributed by atoms with Gasteiger partial charge in [0.15, 0.2) is 11.6 Å². The molecule has 1 aromatic carbocycles. The fraction of sp³-hybridized carbons (Fsp3) is 0.591. The molecular formula is C22H34N2O3. The van der Waals surface area contributed by atoms with Gasteiger partial charge in [0.2, 0.25) is 0 Å². The second-order valence-electron chi connectivity index (χ2n) is 7.63. The summed E-state index contributed by atoms with van der Waals surface area (Å²) in [4.78, 5) is 29.6. The Hall–Kier alpha value is -1.85. The molecule has 27 heavy (non-hydrogen) atoms. The van der Waals surface area contributed by atoms with Gasteiger partial charge in [0, 0.05) is 23.7 Å². The number of nitrogens with two attached hydrogens (primary N) is 1. The second-order valence-corrected chi connectivity index (χ2v) is 7.63. The van der Waals surface area contributed by atoms with Crippen molar-refractivity contribution < 1.29 is 14.7 Å². The monoisotopic (exact) mass is 374 g/mol. The number of benzene rings is 1. The van der Waals surface area contributed by atoms with Gasteiger partial charge in [-0.15, -0.1) is 0 Å². The van der Waals surface area contributed by atoms with Crippen molar-refractivity contribution in [2.45, 2.75) is 78.0 Å². The third-order valence-electron chi connectivity index (χ3n) is 4.49. The van der Waals surface area contributed by atoms with Crippen LogP contribution in [-0.4, -0.2) is 40.6 Å². The van der Waals surface area contributed by atoms with Crippen LogP contribution in [0.3, 0.4) is 0 Å². The highest BCUT2D eigenvalue weighted by Crippen LogP contribution is 2.15. The van der Waals surface area contributed by atoms with Gasteiger partial charge in [0.25, 0.3) is 0 Å². The lowest BCUT2D eigenvalue weighted by Crippen LogP contribution is -2.45. The molecular weight excluding hydrogens is 340 g/mol. The maximum absolute atomic E-state index is 12.7. The highest BCUT2D eigenvalue weighted by Gasteiger charge is 2.29. The van der Waals surface area contributed by atoms with Gasteiger partial charge < -0.3 is 10.8 Å². The van der Waals surface area contributed by atoms with E-state index in [0.29, 0.717) is 30.0 Å². The molecule has 150 valence electrons. The number of Topliss-reactive ketones (excluding diaryl/α,β-unsaturated/α-hetero) is 2. The van der Waals surface area contributed by atoms with E-state index in [2.05, 4.69) is 4.99 Å². The van der Waals surface area contributed by atoms with Gasteiger partial charge in [-0.25, -0.2) is 0 Å². The van der Waals surface area contributed by atoms with E-state index < -0.39 is 18.2 Å². The first-order valence-electron chi connectivity index (χ1n) is 9.85. The number of carbonyl (C=O) groups is 2. The van der Waals surface area contributed by atoms with Crippen LogP contribution in [0.5, 0.6) is 0 Å². The van der Waals surface area contributed by atoms with E-state index in [0.717, 1.165) is 12.8 Å². The summed E-state index contributed by atoms with van der Waals surface area (Å²) in [5, 5.41) is 10.4. The second kappa shape index (κ2) is 11.8. The maximum atomic E-state index is 12.7. The molecule has 0 aliphatic heterocycles. The minimum absolute atomic E-state index is 0.0319. The Morgan fingerprint density at radius 2 is 1.81 bits per heavy atom. The summed E-state index contributed by atoms with van der Waals surface area (Å²) < 4.78 is 0. The van der Waals surface area contributed by atoms with Crippen LogP contribution in [0, 0.1) is 5.92 Å². The first-order valence-corrected chi connectivity index (χ1v) is 9.85. The molecule has 0 saturated heterocycles. The summed E-state index contributed by atoms with van der Waals surface area (Å²) >= 11 is 0. The number of carbonyl (C=O) groups excluding carboxylic acids is 2. The Morgan fingerprint density at radius 3 is 2.37 bits per heavy atom. The number of hydrogen-bond acceptors (Lipinski definition) is 5. The fourth-order valence-electron chi connectivity index (χ4n) is 3.02. The van der Waals surface area contributed by atoms with Gasteiger partial charge >= 0.3 is 0 Å². The van der Waals surface area contributed by atoms with Gasteiger partial charge in [-0.3, -0.25) is 14.6 Å². The van der Waals surface area contributed by atoms with E-state index in [-0.39, 0.29) is 18.0 Å². The SMILES string of the molecule is CCCC[C@H](N=C(C)CC(=O)c1ccccc1)C(=O)C(O)[C@@H](N)CC(C)C. The Kier molecular flexibility index (Phi) is 10.1. The summed E-state index contributed by atoms with van der Waals surface area (Å²) in [5.41, 5.74) is 7.23. The topological polar surface area (TPSA) is 92.8 Å². The predicted octanol–water partition coefficient (Wildman–Crippen LogP) is 3.58. The number of aliphatic imine (C=N–C) groups is 1. The van der Waals surface area contributed by atoms with Crippen LogP contribution < -0.4 is 5.73 Å². The summed E-state index contributed by atoms with van der Waals surface area (Å²) in [6.07, 6.45) is 1.81. The number of ketones is 2. The first kappa shape index (κ1) is 23.2. The van der Waals surface area contributed by atoms with Crippen molar-refractivity contribution in [3.63, 3.8) is 0 Å². The minimum atomic E-state index is -1.23. The van der Waals surface area contributed by atoms with Crippen molar-refractivity contribution in [1.29, 1.82) is 0 Å². The average molecular weight is 375 g/mol. The van der Waals surface area contributed by atoms with Crippen molar-refractivity contribution in [2.24, 2.45) is 16.6 Å². The number of hydrogen-bond donors (Lipinski definition) is 2. The zero-order valence-electron chi connectivity index (χ0n) is 17.0. The van der Waals surface area contributed by atoms with Crippen molar-refractivity contribution in [3.05, 3.63) is 35.9 Å². The van der Waals surface area contributed by atoms with Crippen molar-refractivity contribution in [3.8, 4) is 0 Å². The number of aliphatic hydroxyl groups excluding tert-OH is 1. The van der Waals surface area contributed by atoms with E-state index in [9.17, 15) is 14.7 Å². The molecule has 3 N–H and O–H groups in total. The third kappa shape index (κ3) is 8.14. The number of aliphatic hydroxyl groups is 1. The molecule has 0 spiro atoms. The normalized spacial score (nSPS) is 15.4. The molecule has 0 heterocycles. The Bertz CT molecular complexity index is 626. The zero-order chi connectivity index (χ0) is 20.4. The smallest absolute Gasteiger partial charge is 0.187 e. The highest BCUT2D eigenvalue weighted by molar-refractivity contribution is 6.09. The van der Waals surface area contributed by atoms with Crippen molar-refractivity contribution in [2.75, 3.05) is 0 Å². The Balaban J connectivity index is 2.86. The molecule has 3 atom stereocenters. The lowest BCUT2D eigenvalue weighted by Gasteiger charge is -2.23. The maximum Gasteiger partial charge on any atom is 0.187 e. The van der Waals surface area contributed by atoms with Gasteiger partial charge in [-0.1, -0.05) is 63.9 Å². The summed E-state index contributed by atoms with van der Waals surface area (Å²) in [5.74, 6) is -0.0796. The third-order valence-corrected chi connectivity index (χ3v) is 4.49. The molecule has 1 rings (SSSR count). The molecule has 0 aliphatic carbocycles. The van der Waals surface area contributed by atoms with Crippen LogP contribution in [-0.2, 0) is 4.79 Å². The standard InChI is InChI=1S/C22H34N2O3/c1-5-6-12-19(22(27)21(26)18(23)13-15(2)3)24-16(4)14-20(25)17-10-8-7-9-11-17/h7-11,15,18-19,21,26H,5-6,12-14,23H2,1-4H3/t18-,19-,21?/m0/s1. The molecule has 0 fully saturated rings. The predicted molar refractivity (Wildman–Crippen MR) is 110 cm³/mol. The summed E-state index contributed by atoms with van der Waals surface area (Å²) in [6, 6.07) is 7.79. The molecule has 1 unspecified atom stereocenters. The lowest BCUT2D eigenvalue weighted by molar-refractivity contribution is -0.129. The highest BCUT2D eigenvalue weighted by atomic mass is 16.3. The number of unbranched alkanes of at least 4 members (excludes halogenated alkanes) is 1. The van der Waals surface area contributed by atoms with Crippen LogP contribution in [0.1, 0.15) is 70.2 Å². The van der Waals surface area contributed by atoms with Crippen molar-refractivity contribution in [1.82, 2.24) is 0 Å². The van der Waals surface area contributed by atoms with Crippen molar-refractivity contribution >= 4 is 17.3 Å². The molecule has 0 amide bonds. The van der Waals surface area contributed by atoms with Crippen LogP contribution in [0.4, 0.5) is 0 Å². The molecule has 0 radical (unpaired) electrons. The van der Waals surface area contributed by atoms with Gasteiger partial charge in [0.05, 0.1) is 0 Å². The molecule has 5 heteroatoms. The molecule has 1 aromatic rings.